The van der Waals surface area contributed by atoms with Crippen LogP contribution in [0.3, 0.4) is 0 Å². The molecule has 5 heteroatoms. The number of nitrogens with zero attached hydrogens (tertiary/aromatic N) is 1. The Balaban J connectivity index is 1.95. The summed E-state index contributed by atoms with van der Waals surface area (Å²) in [6.45, 7) is 0. The van der Waals surface area contributed by atoms with Gasteiger partial charge in [-0.15, -0.1) is 0 Å². The van der Waals surface area contributed by atoms with Gasteiger partial charge >= 0.3 is 0 Å². The Labute approximate surface area is 134 Å². The lowest BCUT2D eigenvalue weighted by Gasteiger charge is -2.21. The number of methoxy groups -OCH3 is 1. The molecule has 0 saturated heterocycles. The van der Waals surface area contributed by atoms with Crippen molar-refractivity contribution in [3.8, 4) is 5.75 Å². The van der Waals surface area contributed by atoms with E-state index in [-0.39, 0.29) is 12.2 Å². The van der Waals surface area contributed by atoms with Crippen molar-refractivity contribution in [2.75, 3.05) is 19.1 Å². The van der Waals surface area contributed by atoms with Gasteiger partial charge in [-0.3, -0.25) is 9.59 Å². The molecule has 3 rings (SSSR count). The van der Waals surface area contributed by atoms with Gasteiger partial charge < -0.3 is 14.7 Å². The van der Waals surface area contributed by atoms with E-state index in [0.29, 0.717) is 22.6 Å². The summed E-state index contributed by atoms with van der Waals surface area (Å²) in [6, 6.07) is 13.6. The van der Waals surface area contributed by atoms with E-state index < -0.39 is 11.5 Å². The first kappa shape index (κ1) is 15.2. The molecule has 118 valence electrons. The summed E-state index contributed by atoms with van der Waals surface area (Å²) in [5, 5.41) is 10.9. The van der Waals surface area contributed by atoms with Crippen LogP contribution in [-0.2, 0) is 10.4 Å². The summed E-state index contributed by atoms with van der Waals surface area (Å²) in [5.41, 5.74) is -0.342. The third-order valence-corrected chi connectivity index (χ3v) is 4.18. The molecule has 0 bridgehead atoms. The van der Waals surface area contributed by atoms with Gasteiger partial charge in [-0.1, -0.05) is 30.3 Å². The molecule has 5 nitrogen and oxygen atoms in total. The molecule has 1 aliphatic heterocycles. The Morgan fingerprint density at radius 3 is 2.70 bits per heavy atom. The Hall–Kier alpha value is -2.66. The van der Waals surface area contributed by atoms with Crippen molar-refractivity contribution in [2.24, 2.45) is 0 Å². The molecule has 1 atom stereocenters. The van der Waals surface area contributed by atoms with Crippen molar-refractivity contribution in [3.63, 3.8) is 0 Å². The minimum atomic E-state index is -1.83. The van der Waals surface area contributed by atoms with Crippen LogP contribution < -0.4 is 9.64 Å². The lowest BCUT2D eigenvalue weighted by atomic mass is 9.88. The molecule has 1 amide bonds. The number of para-hydroxylation sites is 1. The van der Waals surface area contributed by atoms with Crippen LogP contribution in [0.1, 0.15) is 22.3 Å². The molecule has 0 aromatic heterocycles. The largest absolute Gasteiger partial charge is 0.497 e. The zero-order valence-corrected chi connectivity index (χ0v) is 12.9. The van der Waals surface area contributed by atoms with Gasteiger partial charge in [-0.05, 0) is 18.2 Å². The number of carbonyl (C=O) groups is 2. The van der Waals surface area contributed by atoms with Crippen molar-refractivity contribution in [2.45, 2.75) is 12.0 Å². The number of rotatable bonds is 4. The molecule has 1 heterocycles. The van der Waals surface area contributed by atoms with Crippen LogP contribution in [-0.4, -0.2) is 31.0 Å². The fourth-order valence-electron chi connectivity index (χ4n) is 2.92. The summed E-state index contributed by atoms with van der Waals surface area (Å²) in [5.74, 6) is -0.252. The van der Waals surface area contributed by atoms with Gasteiger partial charge in [-0.2, -0.15) is 0 Å². The van der Waals surface area contributed by atoms with E-state index in [9.17, 15) is 14.7 Å². The number of ether oxygens (including phenoxy) is 1. The summed E-state index contributed by atoms with van der Waals surface area (Å²) >= 11 is 0. The molecular weight excluding hydrogens is 294 g/mol. The predicted octanol–water partition coefficient (Wildman–Crippen LogP) is 2.13. The van der Waals surface area contributed by atoms with Crippen molar-refractivity contribution in [1.82, 2.24) is 0 Å². The molecule has 0 radical (unpaired) electrons. The monoisotopic (exact) mass is 311 g/mol. The first-order chi connectivity index (χ1) is 11.0. The zero-order chi connectivity index (χ0) is 16.6. The van der Waals surface area contributed by atoms with Crippen molar-refractivity contribution < 1.29 is 19.4 Å². The van der Waals surface area contributed by atoms with E-state index >= 15 is 0 Å². The molecule has 0 aliphatic carbocycles. The average Bonchev–Trinajstić information content (AvgIpc) is 2.77. The molecule has 2 aromatic rings. The van der Waals surface area contributed by atoms with Crippen LogP contribution in [0.2, 0.25) is 0 Å². The predicted molar refractivity (Wildman–Crippen MR) is 85.7 cm³/mol. The summed E-state index contributed by atoms with van der Waals surface area (Å²) in [4.78, 5) is 26.4. The number of ketones is 1. The number of amides is 1. The molecule has 23 heavy (non-hydrogen) atoms. The fraction of sp³-hybridized carbons (Fsp3) is 0.222. The SMILES string of the molecule is COc1cccc(C(=O)CC2(O)C(=O)N(C)c3ccccc32)c1. The van der Waals surface area contributed by atoms with Gasteiger partial charge in [0.15, 0.2) is 11.4 Å². The highest BCUT2D eigenvalue weighted by Crippen LogP contribution is 2.41. The second kappa shape index (κ2) is 5.52. The van der Waals surface area contributed by atoms with Crippen LogP contribution in [0.5, 0.6) is 5.75 Å². The highest BCUT2D eigenvalue weighted by atomic mass is 16.5. The molecule has 1 aliphatic rings. The van der Waals surface area contributed by atoms with E-state index in [1.807, 2.05) is 0 Å². The van der Waals surface area contributed by atoms with Crippen LogP contribution in [0.25, 0.3) is 0 Å². The van der Waals surface area contributed by atoms with Gasteiger partial charge in [0.05, 0.1) is 19.2 Å². The van der Waals surface area contributed by atoms with E-state index in [0.717, 1.165) is 0 Å². The standard InChI is InChI=1S/C18H17NO4/c1-19-15-9-4-3-8-14(15)18(22,17(19)21)11-16(20)12-6-5-7-13(10-12)23-2/h3-10,22H,11H2,1-2H3. The second-order valence-corrected chi connectivity index (χ2v) is 5.57. The molecule has 0 saturated carbocycles. The van der Waals surface area contributed by atoms with E-state index in [1.165, 1.54) is 12.0 Å². The van der Waals surface area contributed by atoms with Crippen LogP contribution >= 0.6 is 0 Å². The summed E-state index contributed by atoms with van der Waals surface area (Å²) in [6.07, 6.45) is -0.305. The lowest BCUT2D eigenvalue weighted by molar-refractivity contribution is -0.135. The number of hydrogen-bond donors (Lipinski definition) is 1. The van der Waals surface area contributed by atoms with E-state index in [2.05, 4.69) is 0 Å². The number of hydrogen-bond acceptors (Lipinski definition) is 4. The van der Waals surface area contributed by atoms with Gasteiger partial charge in [0.1, 0.15) is 5.75 Å². The molecule has 1 N–H and O–H groups in total. The van der Waals surface area contributed by atoms with Crippen LogP contribution in [0.15, 0.2) is 48.5 Å². The Morgan fingerprint density at radius 2 is 1.96 bits per heavy atom. The quantitative estimate of drug-likeness (QED) is 0.879. The number of fused-ring (bicyclic) bond motifs is 1. The van der Waals surface area contributed by atoms with E-state index in [4.69, 9.17) is 4.74 Å². The number of aliphatic hydroxyl groups is 1. The zero-order valence-electron chi connectivity index (χ0n) is 12.9. The number of benzene rings is 2. The lowest BCUT2D eigenvalue weighted by Crippen LogP contribution is -2.40. The minimum absolute atomic E-state index is 0.305. The maximum Gasteiger partial charge on any atom is 0.263 e. The molecule has 0 spiro atoms. The fourth-order valence-corrected chi connectivity index (χ4v) is 2.92. The number of Topliss-reactive ketones (excluding diaryl/α,β-unsaturated/α-hetero) is 1. The van der Waals surface area contributed by atoms with Crippen molar-refractivity contribution in [3.05, 3.63) is 59.7 Å². The normalized spacial score (nSPS) is 19.6. The first-order valence-corrected chi connectivity index (χ1v) is 7.24. The molecular formula is C18H17NO4. The number of anilines is 1. The third-order valence-electron chi connectivity index (χ3n) is 4.18. The molecule has 2 aromatic carbocycles. The summed E-state index contributed by atoms with van der Waals surface area (Å²) in [7, 11) is 3.11. The molecule has 1 unspecified atom stereocenters. The van der Waals surface area contributed by atoms with Gasteiger partial charge in [0.2, 0.25) is 0 Å². The molecule has 0 fully saturated rings. The Morgan fingerprint density at radius 1 is 1.22 bits per heavy atom. The van der Waals surface area contributed by atoms with E-state index in [1.54, 1.807) is 55.6 Å². The maximum absolute atomic E-state index is 12.5. The van der Waals surface area contributed by atoms with Crippen molar-refractivity contribution >= 4 is 17.4 Å². The third kappa shape index (κ3) is 2.39. The Kier molecular flexibility index (Phi) is 3.66. The topological polar surface area (TPSA) is 66.8 Å². The van der Waals surface area contributed by atoms with Crippen LogP contribution in [0, 0.1) is 0 Å². The summed E-state index contributed by atoms with van der Waals surface area (Å²) < 4.78 is 5.10. The van der Waals surface area contributed by atoms with Gasteiger partial charge in [0, 0.05) is 18.2 Å². The first-order valence-electron chi connectivity index (χ1n) is 7.24. The number of likely N-dealkylation sites (N-methyl/N-ethyl adjacent to an activating group) is 1. The van der Waals surface area contributed by atoms with Crippen LogP contribution in [0.4, 0.5) is 5.69 Å². The minimum Gasteiger partial charge on any atom is -0.497 e. The average molecular weight is 311 g/mol. The Bertz CT molecular complexity index is 786. The maximum atomic E-state index is 12.5. The second-order valence-electron chi connectivity index (χ2n) is 5.57. The highest BCUT2D eigenvalue weighted by molar-refractivity contribution is 6.10. The smallest absolute Gasteiger partial charge is 0.263 e. The van der Waals surface area contributed by atoms with Gasteiger partial charge in [-0.25, -0.2) is 0 Å². The highest BCUT2D eigenvalue weighted by Gasteiger charge is 2.49. The number of carbonyl (C=O) groups excluding carboxylic acids is 2. The van der Waals surface area contributed by atoms with Gasteiger partial charge in [0.25, 0.3) is 5.91 Å². The van der Waals surface area contributed by atoms with Crippen molar-refractivity contribution in [1.29, 1.82) is 0 Å².